The van der Waals surface area contributed by atoms with Gasteiger partial charge in [0, 0.05) is 6.08 Å². The lowest BCUT2D eigenvalue weighted by molar-refractivity contribution is -0.131. The molecule has 0 aliphatic carbocycles. The Hall–Kier alpha value is -2.35. The number of aliphatic carboxylic acids is 1. The van der Waals surface area contributed by atoms with Crippen molar-refractivity contribution in [2.75, 3.05) is 0 Å². The van der Waals surface area contributed by atoms with Gasteiger partial charge < -0.3 is 5.11 Å². The lowest BCUT2D eigenvalue weighted by atomic mass is 10.1. The van der Waals surface area contributed by atoms with Gasteiger partial charge in [-0.15, -0.1) is 0 Å². The van der Waals surface area contributed by atoms with Crippen molar-refractivity contribution < 1.29 is 9.90 Å². The van der Waals surface area contributed by atoms with Gasteiger partial charge in [0.15, 0.2) is 0 Å². The highest BCUT2D eigenvalue weighted by Crippen LogP contribution is 2.07. The molecule has 0 aliphatic heterocycles. The Morgan fingerprint density at radius 1 is 0.792 bits per heavy atom. The van der Waals surface area contributed by atoms with Gasteiger partial charge in [-0.25, -0.2) is 4.79 Å². The summed E-state index contributed by atoms with van der Waals surface area (Å²) in [5, 5.41) is 8.51. The van der Waals surface area contributed by atoms with Crippen LogP contribution in [0.5, 0.6) is 0 Å². The van der Waals surface area contributed by atoms with E-state index in [1.54, 1.807) is 6.08 Å². The zero-order chi connectivity index (χ0) is 18.4. The molecule has 0 atom stereocenters. The number of carbonyl (C=O) groups is 1. The van der Waals surface area contributed by atoms with Crippen LogP contribution < -0.4 is 0 Å². The van der Waals surface area contributed by atoms with E-state index in [1.807, 2.05) is 25.2 Å². The lowest BCUT2D eigenvalue weighted by Gasteiger charge is -1.96. The second-order valence-corrected chi connectivity index (χ2v) is 6.07. The Kier molecular flexibility index (Phi) is 11.8. The Morgan fingerprint density at radius 2 is 1.29 bits per heavy atom. The zero-order valence-electron chi connectivity index (χ0n) is 15.5. The van der Waals surface area contributed by atoms with Gasteiger partial charge in [-0.1, -0.05) is 77.0 Å². The zero-order valence-corrected chi connectivity index (χ0v) is 15.5. The number of carboxylic acids is 1. The van der Waals surface area contributed by atoms with E-state index in [4.69, 9.17) is 5.11 Å². The van der Waals surface area contributed by atoms with Gasteiger partial charge in [0.05, 0.1) is 0 Å². The summed E-state index contributed by atoms with van der Waals surface area (Å²) in [5.41, 5.74) is 4.90. The molecule has 1 N–H and O–H groups in total. The van der Waals surface area contributed by atoms with Crippen molar-refractivity contribution in [2.45, 2.75) is 47.5 Å². The molecule has 0 rings (SSSR count). The van der Waals surface area contributed by atoms with E-state index in [0.29, 0.717) is 0 Å². The molecule has 0 aromatic rings. The molecule has 0 radical (unpaired) electrons. The number of hydrogen-bond donors (Lipinski definition) is 1. The summed E-state index contributed by atoms with van der Waals surface area (Å²) in [4.78, 5) is 10.4. The van der Waals surface area contributed by atoms with E-state index in [2.05, 4.69) is 52.0 Å². The van der Waals surface area contributed by atoms with Crippen LogP contribution in [-0.2, 0) is 4.79 Å². The van der Waals surface area contributed by atoms with Crippen LogP contribution in [0, 0.1) is 0 Å². The van der Waals surface area contributed by atoms with Crippen LogP contribution in [0.1, 0.15) is 47.5 Å². The Morgan fingerprint density at radius 3 is 1.79 bits per heavy atom. The summed E-state index contributed by atoms with van der Waals surface area (Å²) in [5.74, 6) is -0.937. The summed E-state index contributed by atoms with van der Waals surface area (Å²) >= 11 is 0. The molecule has 0 spiro atoms. The number of hydrogen-bond acceptors (Lipinski definition) is 1. The van der Waals surface area contributed by atoms with E-state index >= 15 is 0 Å². The first kappa shape index (κ1) is 21.6. The van der Waals surface area contributed by atoms with Gasteiger partial charge in [-0.2, -0.15) is 0 Å². The standard InChI is InChI=1S/C22H30O2/c1-18(2)10-6-11-19(3)12-7-13-20(4)14-8-15-21(5)16-9-17-22(23)24/h7-10,12-17H,6,11H2,1-5H3,(H,23,24)/b13-7+,15-8+,17-9+,19-12+,20-14+,21-16+. The van der Waals surface area contributed by atoms with Crippen LogP contribution in [0.4, 0.5) is 0 Å². The first-order valence-corrected chi connectivity index (χ1v) is 8.21. The molecule has 2 nitrogen and oxygen atoms in total. The Balaban J connectivity index is 4.46. The van der Waals surface area contributed by atoms with E-state index in [1.165, 1.54) is 17.2 Å². The van der Waals surface area contributed by atoms with Gasteiger partial charge in [0.25, 0.3) is 0 Å². The average molecular weight is 326 g/mol. The summed E-state index contributed by atoms with van der Waals surface area (Å²) in [7, 11) is 0. The first-order chi connectivity index (χ1) is 11.3. The van der Waals surface area contributed by atoms with Gasteiger partial charge in [-0.05, 0) is 47.5 Å². The fourth-order valence-electron chi connectivity index (χ4n) is 1.78. The summed E-state index contributed by atoms with van der Waals surface area (Å²) in [6.45, 7) is 10.4. The molecule has 0 aliphatic rings. The van der Waals surface area contributed by atoms with Crippen molar-refractivity contribution in [1.29, 1.82) is 0 Å². The molecule has 2 heteroatoms. The molecule has 0 saturated carbocycles. The van der Waals surface area contributed by atoms with E-state index in [9.17, 15) is 4.79 Å². The third-order valence-corrected chi connectivity index (χ3v) is 3.15. The first-order valence-electron chi connectivity index (χ1n) is 8.21. The molecule has 0 amide bonds. The maximum atomic E-state index is 10.4. The van der Waals surface area contributed by atoms with E-state index in [-0.39, 0.29) is 0 Å². The third-order valence-electron chi connectivity index (χ3n) is 3.15. The van der Waals surface area contributed by atoms with Crippen LogP contribution in [0.3, 0.4) is 0 Å². The molecule has 0 aromatic heterocycles. The van der Waals surface area contributed by atoms with Crippen molar-refractivity contribution in [2.24, 2.45) is 0 Å². The smallest absolute Gasteiger partial charge is 0.328 e. The molecule has 130 valence electrons. The summed E-state index contributed by atoms with van der Waals surface area (Å²) < 4.78 is 0. The number of rotatable bonds is 9. The van der Waals surface area contributed by atoms with Crippen LogP contribution in [0.2, 0.25) is 0 Å². The largest absolute Gasteiger partial charge is 0.478 e. The van der Waals surface area contributed by atoms with Gasteiger partial charge in [0.1, 0.15) is 0 Å². The Labute approximate surface area is 147 Å². The van der Waals surface area contributed by atoms with Crippen LogP contribution >= 0.6 is 0 Å². The Bertz CT molecular complexity index is 602. The average Bonchev–Trinajstić information content (AvgIpc) is 2.46. The number of carboxylic acid groups (broad SMARTS) is 1. The second kappa shape index (κ2) is 13.1. The molecule has 0 unspecified atom stereocenters. The molecule has 0 aromatic carbocycles. The predicted molar refractivity (Wildman–Crippen MR) is 105 cm³/mol. The fraction of sp³-hybridized carbons (Fsp3) is 0.318. The minimum Gasteiger partial charge on any atom is -0.478 e. The van der Waals surface area contributed by atoms with Crippen LogP contribution in [0.25, 0.3) is 0 Å². The normalized spacial score (nSPS) is 14.1. The van der Waals surface area contributed by atoms with E-state index in [0.717, 1.165) is 30.1 Å². The molecular formula is C22H30O2. The van der Waals surface area contributed by atoms with Crippen LogP contribution in [0.15, 0.2) is 83.1 Å². The van der Waals surface area contributed by atoms with E-state index < -0.39 is 5.97 Å². The molecule has 0 saturated heterocycles. The SMILES string of the molecule is CC(C)=CCC/C(C)=C/C=C/C(C)=C/C=C/C(C)=C/C=C/C(=O)O. The van der Waals surface area contributed by atoms with Crippen molar-refractivity contribution in [3.05, 3.63) is 83.1 Å². The van der Waals surface area contributed by atoms with Crippen molar-refractivity contribution in [3.8, 4) is 0 Å². The fourth-order valence-corrected chi connectivity index (χ4v) is 1.78. The third kappa shape index (κ3) is 14.6. The predicted octanol–water partition coefficient (Wildman–Crippen LogP) is 6.32. The highest BCUT2D eigenvalue weighted by molar-refractivity contribution is 5.80. The summed E-state index contributed by atoms with van der Waals surface area (Å²) in [6.07, 6.45) is 21.1. The molecule has 0 fully saturated rings. The van der Waals surface area contributed by atoms with Crippen LogP contribution in [-0.4, -0.2) is 11.1 Å². The summed E-state index contributed by atoms with van der Waals surface area (Å²) in [6, 6.07) is 0. The maximum absolute atomic E-state index is 10.4. The quantitative estimate of drug-likeness (QED) is 0.305. The van der Waals surface area contributed by atoms with Crippen molar-refractivity contribution in [1.82, 2.24) is 0 Å². The highest BCUT2D eigenvalue weighted by Gasteiger charge is 1.87. The van der Waals surface area contributed by atoms with Gasteiger partial charge >= 0.3 is 5.97 Å². The minimum atomic E-state index is -0.937. The number of allylic oxidation sites excluding steroid dienone is 13. The van der Waals surface area contributed by atoms with Gasteiger partial charge in [0.2, 0.25) is 0 Å². The maximum Gasteiger partial charge on any atom is 0.328 e. The minimum absolute atomic E-state index is 0.937. The van der Waals surface area contributed by atoms with Crippen molar-refractivity contribution >= 4 is 5.97 Å². The lowest BCUT2D eigenvalue weighted by Crippen LogP contribution is -1.84. The molecule has 0 bridgehead atoms. The molecular weight excluding hydrogens is 296 g/mol. The van der Waals surface area contributed by atoms with Gasteiger partial charge in [-0.3, -0.25) is 0 Å². The molecule has 0 heterocycles. The molecule has 24 heavy (non-hydrogen) atoms. The topological polar surface area (TPSA) is 37.3 Å². The monoisotopic (exact) mass is 326 g/mol. The second-order valence-electron chi connectivity index (χ2n) is 6.07. The van der Waals surface area contributed by atoms with Crippen molar-refractivity contribution in [3.63, 3.8) is 0 Å². The highest BCUT2D eigenvalue weighted by atomic mass is 16.4.